The van der Waals surface area contributed by atoms with E-state index in [4.69, 9.17) is 30.3 Å². The van der Waals surface area contributed by atoms with E-state index in [1.54, 1.807) is 37.0 Å². The number of aliphatic hydroxyl groups is 1. The van der Waals surface area contributed by atoms with Crippen molar-refractivity contribution in [1.82, 2.24) is 14.6 Å². The van der Waals surface area contributed by atoms with Crippen molar-refractivity contribution in [2.45, 2.75) is 63.2 Å². The van der Waals surface area contributed by atoms with Gasteiger partial charge in [0.1, 0.15) is 11.8 Å². The van der Waals surface area contributed by atoms with Gasteiger partial charge in [-0.3, -0.25) is 19.1 Å². The van der Waals surface area contributed by atoms with Gasteiger partial charge in [0.05, 0.1) is 12.7 Å². The number of aliphatic hydroxyl groups excluding tert-OH is 1. The number of hydrogen-bond acceptors (Lipinski definition) is 9. The Kier molecular flexibility index (Phi) is 9.40. The number of aromatic nitrogens is 2. The first kappa shape index (κ1) is 30.9. The highest BCUT2D eigenvalue weighted by Gasteiger charge is 2.74. The molecule has 1 aromatic carbocycles. The lowest BCUT2D eigenvalue weighted by Gasteiger charge is -2.35. The maximum absolute atomic E-state index is 15.3. The maximum atomic E-state index is 15.3. The SMILES string of the molecule is CC(C)OC(=O)C(C)NP(=S)(OCC1(C(F)F)OC(n2ccc(=O)[nH]c2=O)C(O)C1(F)F)Oc1ccccc1. The largest absolute Gasteiger partial charge is 0.462 e. The molecular weight excluding hydrogens is 573 g/mol. The smallest absolute Gasteiger partial charge is 0.330 e. The summed E-state index contributed by atoms with van der Waals surface area (Å²) in [6.07, 6.45) is -9.07. The van der Waals surface area contributed by atoms with Crippen LogP contribution < -0.4 is 20.9 Å². The highest BCUT2D eigenvalue weighted by molar-refractivity contribution is 8.09. The molecule has 5 atom stereocenters. The number of esters is 1. The van der Waals surface area contributed by atoms with Crippen LogP contribution in [-0.4, -0.2) is 63.4 Å². The highest BCUT2D eigenvalue weighted by Crippen LogP contribution is 2.54. The summed E-state index contributed by atoms with van der Waals surface area (Å²) in [7, 11) is 0. The minimum atomic E-state index is -4.70. The molecule has 0 amide bonds. The molecule has 17 heteroatoms. The number of hydrogen-bond donors (Lipinski definition) is 3. The third-order valence-corrected chi connectivity index (χ3v) is 7.97. The van der Waals surface area contributed by atoms with Gasteiger partial charge in [-0.2, -0.15) is 8.78 Å². The van der Waals surface area contributed by atoms with E-state index in [0.29, 0.717) is 10.8 Å². The van der Waals surface area contributed by atoms with Crippen LogP contribution in [0.15, 0.2) is 52.2 Å². The van der Waals surface area contributed by atoms with E-state index in [9.17, 15) is 28.3 Å². The lowest BCUT2D eigenvalue weighted by atomic mass is 9.95. The first-order chi connectivity index (χ1) is 18.1. The van der Waals surface area contributed by atoms with Crippen molar-refractivity contribution in [3.63, 3.8) is 0 Å². The van der Waals surface area contributed by atoms with Gasteiger partial charge in [0.2, 0.25) is 5.60 Å². The Morgan fingerprint density at radius 2 is 1.87 bits per heavy atom. The minimum absolute atomic E-state index is 0.0701. The highest BCUT2D eigenvalue weighted by atomic mass is 32.5. The maximum Gasteiger partial charge on any atom is 0.330 e. The van der Waals surface area contributed by atoms with E-state index < -0.39 is 72.9 Å². The fraction of sp³-hybridized carbons (Fsp3) is 0.500. The van der Waals surface area contributed by atoms with Crippen molar-refractivity contribution in [2.24, 2.45) is 0 Å². The van der Waals surface area contributed by atoms with Crippen LogP contribution in [-0.2, 0) is 30.6 Å². The van der Waals surface area contributed by atoms with E-state index in [1.807, 2.05) is 0 Å². The molecule has 216 valence electrons. The van der Waals surface area contributed by atoms with Crippen LogP contribution in [0.1, 0.15) is 27.0 Å². The summed E-state index contributed by atoms with van der Waals surface area (Å²) in [4.78, 5) is 37.6. The Morgan fingerprint density at radius 1 is 1.23 bits per heavy atom. The molecule has 0 spiro atoms. The van der Waals surface area contributed by atoms with Gasteiger partial charge in [-0.05, 0) is 44.7 Å². The summed E-state index contributed by atoms with van der Waals surface area (Å²) < 4.78 is 80.7. The third-order valence-electron chi connectivity index (χ3n) is 5.49. The summed E-state index contributed by atoms with van der Waals surface area (Å²) in [5.74, 6) is -5.43. The summed E-state index contributed by atoms with van der Waals surface area (Å²) >= 11 is 5.37. The second-order valence-electron chi connectivity index (χ2n) is 8.80. The number of carbonyl (C=O) groups is 1. The Hall–Kier alpha value is -2.62. The van der Waals surface area contributed by atoms with Crippen LogP contribution in [0, 0.1) is 0 Å². The number of para-hydroxylation sites is 1. The fourth-order valence-corrected chi connectivity index (χ4v) is 5.94. The van der Waals surface area contributed by atoms with Crippen molar-refractivity contribution in [1.29, 1.82) is 0 Å². The summed E-state index contributed by atoms with van der Waals surface area (Å²) in [6.45, 7) is -1.23. The van der Waals surface area contributed by atoms with Gasteiger partial charge >= 0.3 is 24.2 Å². The fourth-order valence-electron chi connectivity index (χ4n) is 3.53. The Morgan fingerprint density at radius 3 is 2.44 bits per heavy atom. The normalized spacial score (nSPS) is 24.9. The minimum Gasteiger partial charge on any atom is -0.462 e. The molecule has 1 aliphatic rings. The molecule has 3 N–H and O–H groups in total. The molecule has 1 fully saturated rings. The second-order valence-corrected chi connectivity index (χ2v) is 11.9. The molecular formula is C22H26F4N3O8PS. The van der Waals surface area contributed by atoms with Gasteiger partial charge in [0.25, 0.3) is 12.0 Å². The van der Waals surface area contributed by atoms with Crippen molar-refractivity contribution in [2.75, 3.05) is 6.61 Å². The number of nitrogens with zero attached hydrogens (tertiary/aromatic N) is 1. The lowest BCUT2D eigenvalue weighted by molar-refractivity contribution is -0.241. The number of rotatable bonds is 11. The second kappa shape index (κ2) is 11.9. The lowest BCUT2D eigenvalue weighted by Crippen LogP contribution is -2.57. The molecule has 0 saturated carbocycles. The molecule has 2 aromatic rings. The van der Waals surface area contributed by atoms with Crippen molar-refractivity contribution < 1.29 is 46.0 Å². The van der Waals surface area contributed by atoms with Crippen LogP contribution in [0.2, 0.25) is 0 Å². The number of carbonyl (C=O) groups excluding carboxylic acids is 1. The van der Waals surface area contributed by atoms with Gasteiger partial charge in [0, 0.05) is 12.3 Å². The molecule has 3 rings (SSSR count). The standard InChI is InChI=1S/C22H26F4N3O8PS/c1-12(2)35-18(32)13(3)28-38(39,37-14-7-5-4-6-8-14)34-11-21(19(23)24)22(25,26)16(31)17(36-21)29-10-9-15(30)27-20(29)33/h4-10,12-13,16-17,19,31H,11H2,1-3H3,(H,28,39)(H,27,30,33). The van der Waals surface area contributed by atoms with Gasteiger partial charge in [-0.1, -0.05) is 18.2 Å². The van der Waals surface area contributed by atoms with Crippen LogP contribution in [0.25, 0.3) is 0 Å². The molecule has 0 aliphatic carbocycles. The number of aromatic amines is 1. The number of alkyl halides is 4. The average Bonchev–Trinajstić information content (AvgIpc) is 3.04. The summed E-state index contributed by atoms with van der Waals surface area (Å²) in [5.41, 5.74) is -6.00. The molecule has 1 saturated heterocycles. The van der Waals surface area contributed by atoms with Gasteiger partial charge in [-0.15, -0.1) is 0 Å². The Balaban J connectivity index is 1.96. The van der Waals surface area contributed by atoms with Crippen LogP contribution in [0.5, 0.6) is 5.75 Å². The molecule has 5 unspecified atom stereocenters. The molecule has 1 aliphatic heterocycles. The van der Waals surface area contributed by atoms with E-state index in [0.717, 1.165) is 6.07 Å². The third kappa shape index (κ3) is 6.58. The molecule has 0 bridgehead atoms. The van der Waals surface area contributed by atoms with Gasteiger partial charge in [-0.25, -0.2) is 18.7 Å². The molecule has 1 aromatic heterocycles. The molecule has 39 heavy (non-hydrogen) atoms. The van der Waals surface area contributed by atoms with E-state index in [2.05, 4.69) is 5.09 Å². The topological polar surface area (TPSA) is 141 Å². The van der Waals surface area contributed by atoms with Crippen molar-refractivity contribution in [3.05, 3.63) is 63.4 Å². The van der Waals surface area contributed by atoms with Crippen molar-refractivity contribution in [3.8, 4) is 5.75 Å². The number of benzene rings is 1. The first-order valence-electron chi connectivity index (χ1n) is 11.4. The van der Waals surface area contributed by atoms with Crippen LogP contribution in [0.4, 0.5) is 17.6 Å². The van der Waals surface area contributed by atoms with E-state index in [1.165, 1.54) is 19.1 Å². The predicted octanol–water partition coefficient (Wildman–Crippen LogP) is 2.32. The zero-order chi connectivity index (χ0) is 29.2. The number of nitrogens with one attached hydrogen (secondary N) is 2. The Labute approximate surface area is 224 Å². The Bertz CT molecular complexity index is 1330. The first-order valence-corrected chi connectivity index (χ1v) is 14.1. The summed E-state index contributed by atoms with van der Waals surface area (Å²) in [6, 6.07) is 7.11. The van der Waals surface area contributed by atoms with Crippen LogP contribution in [0.3, 0.4) is 0 Å². The predicted molar refractivity (Wildman–Crippen MR) is 132 cm³/mol. The molecule has 0 radical (unpaired) electrons. The average molecular weight is 599 g/mol. The summed E-state index contributed by atoms with van der Waals surface area (Å²) in [5, 5.41) is 12.8. The molecule has 2 heterocycles. The number of ether oxygens (including phenoxy) is 2. The zero-order valence-electron chi connectivity index (χ0n) is 20.8. The van der Waals surface area contributed by atoms with Gasteiger partial charge < -0.3 is 23.6 Å². The van der Waals surface area contributed by atoms with Crippen molar-refractivity contribution >= 4 is 24.4 Å². The monoisotopic (exact) mass is 599 g/mol. The van der Waals surface area contributed by atoms with E-state index >= 15 is 8.78 Å². The zero-order valence-corrected chi connectivity index (χ0v) is 22.5. The quantitative estimate of drug-likeness (QED) is 0.200. The van der Waals surface area contributed by atoms with E-state index in [-0.39, 0.29) is 5.75 Å². The number of H-pyrrole nitrogens is 1. The van der Waals surface area contributed by atoms with Crippen LogP contribution >= 0.6 is 6.64 Å². The molecule has 11 nitrogen and oxygen atoms in total. The van der Waals surface area contributed by atoms with Gasteiger partial charge in [0.15, 0.2) is 12.3 Å². The number of halogens is 4.